The third kappa shape index (κ3) is 4.73. The van der Waals surface area contributed by atoms with Gasteiger partial charge < -0.3 is 15.0 Å². The number of aromatic amines is 1. The van der Waals surface area contributed by atoms with Gasteiger partial charge >= 0.3 is 4.87 Å². The third-order valence-electron chi connectivity index (χ3n) is 9.60. The van der Waals surface area contributed by atoms with Gasteiger partial charge in [0.25, 0.3) is 5.91 Å². The van der Waals surface area contributed by atoms with E-state index in [1.54, 1.807) is 17.8 Å². The van der Waals surface area contributed by atoms with Crippen LogP contribution in [0.1, 0.15) is 22.8 Å². The zero-order chi connectivity index (χ0) is 31.9. The molecule has 8 nitrogen and oxygen atoms in total. The summed E-state index contributed by atoms with van der Waals surface area (Å²) in [7, 11) is 0. The first-order valence-corrected chi connectivity index (χ1v) is 17.2. The molecule has 2 aliphatic carbocycles. The Hall–Kier alpha value is -3.81. The van der Waals surface area contributed by atoms with Crippen LogP contribution in [0.3, 0.4) is 0 Å². The lowest BCUT2D eigenvalue weighted by Gasteiger charge is -2.43. The minimum Gasteiger partial charge on any atom is -0.483 e. The van der Waals surface area contributed by atoms with E-state index < -0.39 is 29.4 Å². The highest BCUT2D eigenvalue weighted by Crippen LogP contribution is 2.69. The molecule has 4 unspecified atom stereocenters. The number of carbonyl (C=O) groups is 3. The third-order valence-corrected chi connectivity index (χ3v) is 12.7. The fourth-order valence-electron chi connectivity index (χ4n) is 7.98. The number of thioether (sulfide) groups is 1. The number of halogens is 3. The van der Waals surface area contributed by atoms with E-state index in [1.165, 1.54) is 53.4 Å². The molecule has 234 valence electrons. The minimum atomic E-state index is -0.526. The molecule has 0 spiro atoms. The van der Waals surface area contributed by atoms with Gasteiger partial charge in [0.05, 0.1) is 22.5 Å². The number of amides is 3. The van der Waals surface area contributed by atoms with Crippen LogP contribution in [0.5, 0.6) is 5.75 Å². The van der Waals surface area contributed by atoms with Crippen molar-refractivity contribution in [2.75, 3.05) is 16.8 Å². The predicted octanol–water partition coefficient (Wildman–Crippen LogP) is 6.17. The van der Waals surface area contributed by atoms with E-state index in [2.05, 4.69) is 26.2 Å². The van der Waals surface area contributed by atoms with E-state index in [0.29, 0.717) is 23.5 Å². The van der Waals surface area contributed by atoms with Crippen LogP contribution in [0.25, 0.3) is 0 Å². The smallest absolute Gasteiger partial charge is 0.305 e. The van der Waals surface area contributed by atoms with Gasteiger partial charge in [-0.2, -0.15) is 0 Å². The monoisotopic (exact) mass is 723 g/mol. The molecule has 2 aliphatic heterocycles. The van der Waals surface area contributed by atoms with Gasteiger partial charge in [0.1, 0.15) is 17.4 Å². The summed E-state index contributed by atoms with van der Waals surface area (Å²) in [6, 6.07) is 16.3. The number of rotatable bonds is 6. The Morgan fingerprint density at radius 3 is 2.35 bits per heavy atom. The lowest BCUT2D eigenvalue weighted by molar-refractivity contribution is -0.123. The van der Waals surface area contributed by atoms with E-state index in [4.69, 9.17) is 4.74 Å². The molecule has 4 aromatic rings. The Morgan fingerprint density at radius 1 is 0.957 bits per heavy atom. The highest BCUT2D eigenvalue weighted by atomic mass is 79.9. The summed E-state index contributed by atoms with van der Waals surface area (Å²) in [5.74, 6) is -3.04. The van der Waals surface area contributed by atoms with E-state index in [-0.39, 0.29) is 52.2 Å². The molecule has 3 amide bonds. The fourth-order valence-corrected chi connectivity index (χ4v) is 11.2. The van der Waals surface area contributed by atoms with Crippen molar-refractivity contribution in [2.24, 2.45) is 29.6 Å². The standard InChI is InChI=1S/C33H24BrF2N3O5S2/c34-14-1-10-22(44-13-23(40)37-17-6-2-15(35)3-7-17)19(11-14)24-25-20-12-21(28(25)45-30-29(24)46-33(43)38-30)27-26(20)31(41)39(32(27)42)18-8-4-16(36)5-9-18/h1-11,20-21,24-28H,12-13H2,(H,37,40)(H,38,43)/t20-,21-,24-,25?,26?,27?,28?/m1/s1. The minimum absolute atomic E-state index is 0.0486. The number of imide groups is 1. The number of nitrogens with zero attached hydrogens (tertiary/aromatic N) is 1. The number of benzene rings is 3. The molecule has 2 N–H and O–H groups in total. The summed E-state index contributed by atoms with van der Waals surface area (Å²) >= 11 is 6.28. The summed E-state index contributed by atoms with van der Waals surface area (Å²) in [6.45, 7) is -0.311. The first kappa shape index (κ1) is 29.6. The molecule has 3 fully saturated rings. The zero-order valence-corrected chi connectivity index (χ0v) is 27.0. The van der Waals surface area contributed by atoms with Crippen LogP contribution in [0.4, 0.5) is 20.2 Å². The van der Waals surface area contributed by atoms with Gasteiger partial charge in [0.2, 0.25) is 11.8 Å². The maximum absolute atomic E-state index is 14.0. The molecule has 3 heterocycles. The number of fused-ring (bicyclic) bond motifs is 9. The SMILES string of the molecule is O=C(COc1ccc(Br)cc1[C@H]1c2sc(=O)[nH]c2SC2C1[C@H]1C[C@@H]2C2C(=O)N(c3ccc(F)cc3)C(=O)C21)Nc1ccc(F)cc1. The second-order valence-electron chi connectivity index (χ2n) is 12.0. The van der Waals surface area contributed by atoms with Crippen LogP contribution in [-0.2, 0) is 14.4 Å². The largest absolute Gasteiger partial charge is 0.483 e. The van der Waals surface area contributed by atoms with Crippen molar-refractivity contribution in [2.45, 2.75) is 22.6 Å². The quantitative estimate of drug-likeness (QED) is 0.231. The molecule has 46 heavy (non-hydrogen) atoms. The fraction of sp³-hybridized carbons (Fsp3) is 0.273. The molecule has 2 saturated carbocycles. The predicted molar refractivity (Wildman–Crippen MR) is 172 cm³/mol. The average molecular weight is 725 g/mol. The molecule has 3 aromatic carbocycles. The summed E-state index contributed by atoms with van der Waals surface area (Å²) in [5.41, 5.74) is 1.57. The van der Waals surface area contributed by atoms with Crippen LogP contribution < -0.4 is 19.8 Å². The van der Waals surface area contributed by atoms with Crippen LogP contribution >= 0.6 is 39.0 Å². The van der Waals surface area contributed by atoms with Crippen molar-refractivity contribution in [3.8, 4) is 5.75 Å². The van der Waals surface area contributed by atoms with Crippen molar-refractivity contribution < 1.29 is 27.9 Å². The van der Waals surface area contributed by atoms with Gasteiger partial charge in [0.15, 0.2) is 6.61 Å². The molecule has 4 aliphatic rings. The Labute approximate surface area is 277 Å². The first-order valence-electron chi connectivity index (χ1n) is 14.7. The maximum Gasteiger partial charge on any atom is 0.305 e. The summed E-state index contributed by atoms with van der Waals surface area (Å²) in [5, 5.41) is 3.40. The molecule has 0 radical (unpaired) electrons. The van der Waals surface area contributed by atoms with E-state index in [9.17, 15) is 28.0 Å². The molecule has 2 bridgehead atoms. The highest BCUT2D eigenvalue weighted by Gasteiger charge is 2.69. The number of H-pyrrole nitrogens is 1. The summed E-state index contributed by atoms with van der Waals surface area (Å²) in [6.07, 6.45) is 0.701. The summed E-state index contributed by atoms with van der Waals surface area (Å²) in [4.78, 5) is 58.1. The van der Waals surface area contributed by atoms with Gasteiger partial charge in [-0.25, -0.2) is 8.78 Å². The van der Waals surface area contributed by atoms with Crippen molar-refractivity contribution in [1.29, 1.82) is 0 Å². The topological polar surface area (TPSA) is 109 Å². The molecule has 8 rings (SSSR count). The molecular weight excluding hydrogens is 700 g/mol. The average Bonchev–Trinajstić information content (AvgIpc) is 3.77. The van der Waals surface area contributed by atoms with E-state index in [1.807, 2.05) is 12.1 Å². The van der Waals surface area contributed by atoms with E-state index in [0.717, 1.165) is 31.3 Å². The first-order chi connectivity index (χ1) is 22.2. The van der Waals surface area contributed by atoms with E-state index >= 15 is 0 Å². The second kappa shape index (κ2) is 11.2. The van der Waals surface area contributed by atoms with Crippen molar-refractivity contribution in [3.05, 3.63) is 103 Å². The Kier molecular flexibility index (Phi) is 7.18. The molecular formula is C33H24BrF2N3O5S2. The number of carbonyl (C=O) groups excluding carboxylic acids is 3. The number of ether oxygens (including phenoxy) is 1. The lowest BCUT2D eigenvalue weighted by atomic mass is 9.68. The second-order valence-corrected chi connectivity index (χ2v) is 15.1. The molecule has 1 saturated heterocycles. The van der Waals surface area contributed by atoms with Crippen molar-refractivity contribution >= 4 is 68.1 Å². The van der Waals surface area contributed by atoms with Gasteiger partial charge in [-0.05, 0) is 90.9 Å². The van der Waals surface area contributed by atoms with Crippen molar-refractivity contribution in [1.82, 2.24) is 4.98 Å². The number of nitrogens with one attached hydrogen (secondary N) is 2. The van der Waals surface area contributed by atoms with Crippen LogP contribution in [-0.4, -0.2) is 34.6 Å². The van der Waals surface area contributed by atoms with Gasteiger partial charge in [-0.15, -0.1) is 11.8 Å². The zero-order valence-electron chi connectivity index (χ0n) is 23.7. The number of hydrogen-bond acceptors (Lipinski definition) is 7. The number of anilines is 2. The van der Waals surface area contributed by atoms with Gasteiger partial charge in [-0.1, -0.05) is 27.3 Å². The maximum atomic E-state index is 14.0. The molecule has 1 aromatic heterocycles. The number of aromatic nitrogens is 1. The lowest BCUT2D eigenvalue weighted by Crippen LogP contribution is -2.42. The van der Waals surface area contributed by atoms with Crippen LogP contribution in [0.2, 0.25) is 0 Å². The van der Waals surface area contributed by atoms with Crippen LogP contribution in [0.15, 0.2) is 81.0 Å². The highest BCUT2D eigenvalue weighted by molar-refractivity contribution is 9.10. The summed E-state index contributed by atoms with van der Waals surface area (Å²) < 4.78 is 33.9. The van der Waals surface area contributed by atoms with Crippen LogP contribution in [0, 0.1) is 41.2 Å². The molecule has 7 atom stereocenters. The van der Waals surface area contributed by atoms with Gasteiger partial charge in [-0.3, -0.25) is 24.1 Å². The van der Waals surface area contributed by atoms with Gasteiger partial charge in [0, 0.05) is 31.8 Å². The number of thiazole rings is 1. The Bertz CT molecular complexity index is 1970. The number of hydrogen-bond donors (Lipinski definition) is 2. The molecule has 13 heteroatoms. The van der Waals surface area contributed by atoms with Crippen molar-refractivity contribution in [3.63, 3.8) is 0 Å². The Balaban J connectivity index is 1.14. The normalized spacial score (nSPS) is 27.4. The Morgan fingerprint density at radius 2 is 1.63 bits per heavy atom.